The fourth-order valence-electron chi connectivity index (χ4n) is 4.16. The van der Waals surface area contributed by atoms with Crippen LogP contribution in [0.1, 0.15) is 156 Å². The van der Waals surface area contributed by atoms with E-state index in [4.69, 9.17) is 13.1 Å². The third-order valence-corrected chi connectivity index (χ3v) is 10.9. The van der Waals surface area contributed by atoms with Crippen LogP contribution in [0.5, 0.6) is 0 Å². The zero-order valence-corrected chi connectivity index (χ0v) is 28.0. The lowest BCUT2D eigenvalue weighted by Crippen LogP contribution is -2.37. The van der Waals surface area contributed by atoms with Crippen LogP contribution in [0.25, 0.3) is 0 Å². The molecule has 0 aliphatic rings. The first-order valence-electron chi connectivity index (χ1n) is 15.3. The first kappa shape index (κ1) is 35.8. The fraction of sp³-hybridized carbons (Fsp3) is 1.00. The topological polar surface area (TPSA) is 27.7 Å². The van der Waals surface area contributed by atoms with Crippen LogP contribution >= 0.6 is 24.1 Å². The highest BCUT2D eigenvalue weighted by Gasteiger charge is 2.35. The Morgan fingerprint density at radius 2 is 0.857 bits per heavy atom. The van der Waals surface area contributed by atoms with E-state index in [1.807, 2.05) is 0 Å². The summed E-state index contributed by atoms with van der Waals surface area (Å²) in [6, 6.07) is 0. The van der Waals surface area contributed by atoms with Crippen molar-refractivity contribution in [1.82, 2.24) is 0 Å². The molecule has 0 bridgehead atoms. The lowest BCUT2D eigenvalue weighted by Gasteiger charge is -2.32. The van der Waals surface area contributed by atoms with Crippen LogP contribution in [0.4, 0.5) is 0 Å². The van der Waals surface area contributed by atoms with Gasteiger partial charge in [0.05, 0.1) is 19.3 Å². The fourth-order valence-corrected chi connectivity index (χ4v) is 6.72. The summed E-state index contributed by atoms with van der Waals surface area (Å²) in [7, 11) is 0.959. The molecule has 6 heteroatoms. The van der Waals surface area contributed by atoms with Gasteiger partial charge in [-0.15, -0.1) is 0 Å². The quantitative estimate of drug-likeness (QED) is 0.0400. The summed E-state index contributed by atoms with van der Waals surface area (Å²) in [4.78, 5) is 0. The van der Waals surface area contributed by atoms with E-state index in [2.05, 4.69) is 27.7 Å². The molecule has 1 unspecified atom stereocenters. The Bertz CT molecular complexity index is 387. The molecule has 0 heterocycles. The average Bonchev–Trinajstić information content (AvgIpc) is 2.85. The molecule has 0 aliphatic heterocycles. The van der Waals surface area contributed by atoms with Crippen molar-refractivity contribution in [3.63, 3.8) is 0 Å². The van der Waals surface area contributed by atoms with Crippen LogP contribution in [-0.4, -0.2) is 39.9 Å². The second kappa shape index (κ2) is 27.8. The smallest absolute Gasteiger partial charge is 0.119 e. The van der Waals surface area contributed by atoms with Gasteiger partial charge in [0.1, 0.15) is 3.70 Å². The number of hydrogen-bond donors (Lipinski definition) is 0. The monoisotopic (exact) mass is 550 g/mol. The molecule has 0 saturated heterocycles. The van der Waals surface area contributed by atoms with E-state index in [9.17, 15) is 0 Å². The minimum absolute atomic E-state index is 0.104. The minimum atomic E-state index is -0.104. The summed E-state index contributed by atoms with van der Waals surface area (Å²) in [5.41, 5.74) is 0. The number of unbranched alkanes of at least 4 members (excludes halogenated alkanes) is 18. The summed E-state index contributed by atoms with van der Waals surface area (Å²) in [6.45, 7) is 11.2. The van der Waals surface area contributed by atoms with E-state index in [0.717, 1.165) is 42.9 Å². The summed E-state index contributed by atoms with van der Waals surface area (Å²) in [5.74, 6) is 0. The predicted octanol–water partition coefficient (Wildman–Crippen LogP) is 9.60. The molecule has 0 fully saturated rings. The largest absolute Gasteiger partial charge is 0.377 e. The van der Waals surface area contributed by atoms with Crippen molar-refractivity contribution in [3.05, 3.63) is 0 Å². The van der Waals surface area contributed by atoms with Gasteiger partial charge in [-0.1, -0.05) is 129 Å². The minimum Gasteiger partial charge on any atom is -0.377 e. The molecule has 0 aromatic rings. The Morgan fingerprint density at radius 1 is 0.543 bits per heavy atom. The number of hydrogen-bond acceptors (Lipinski definition) is 5. The molecule has 0 aliphatic carbocycles. The van der Waals surface area contributed by atoms with Crippen molar-refractivity contribution >= 4 is 34.3 Å². The molecule has 0 aromatic heterocycles. The molecule has 3 nitrogen and oxygen atoms in total. The van der Waals surface area contributed by atoms with Crippen molar-refractivity contribution < 1.29 is 13.1 Å². The maximum Gasteiger partial charge on any atom is 0.119 e. The Hall–Kier alpha value is 0.797. The second-order valence-electron chi connectivity index (χ2n) is 10.3. The highest BCUT2D eigenvalue weighted by Crippen LogP contribution is 2.40. The summed E-state index contributed by atoms with van der Waals surface area (Å²) in [5, 5.41) is 0. The SMILES string of the molecule is CCCCCCCCCCCCOSC([SiH3])(SOCCCCCCCCCCCC)C(C)OCC. The van der Waals surface area contributed by atoms with Crippen LogP contribution in [0.15, 0.2) is 0 Å². The molecule has 0 amide bonds. The zero-order chi connectivity index (χ0) is 25.9. The summed E-state index contributed by atoms with van der Waals surface area (Å²) in [6.07, 6.45) is 27.3. The third-order valence-electron chi connectivity index (χ3n) is 6.77. The van der Waals surface area contributed by atoms with Gasteiger partial charge in [-0.3, -0.25) is 0 Å². The van der Waals surface area contributed by atoms with E-state index >= 15 is 0 Å². The molecule has 0 rings (SSSR count). The molecule has 0 N–H and O–H groups in total. The van der Waals surface area contributed by atoms with Crippen molar-refractivity contribution in [2.75, 3.05) is 19.8 Å². The van der Waals surface area contributed by atoms with Crippen molar-refractivity contribution in [3.8, 4) is 0 Å². The van der Waals surface area contributed by atoms with E-state index in [-0.39, 0.29) is 9.81 Å². The first-order valence-corrected chi connectivity index (χ1v) is 17.8. The normalized spacial score (nSPS) is 13.0. The van der Waals surface area contributed by atoms with Gasteiger partial charge in [-0.2, -0.15) is 0 Å². The van der Waals surface area contributed by atoms with Crippen LogP contribution in [0.2, 0.25) is 0 Å². The highest BCUT2D eigenvalue weighted by molar-refractivity contribution is 8.15. The molecule has 0 spiro atoms. The van der Waals surface area contributed by atoms with Crippen LogP contribution in [-0.2, 0) is 13.1 Å². The highest BCUT2D eigenvalue weighted by atomic mass is 32.2. The lowest BCUT2D eigenvalue weighted by molar-refractivity contribution is 0.0789. The van der Waals surface area contributed by atoms with Crippen molar-refractivity contribution in [2.24, 2.45) is 0 Å². The molecule has 35 heavy (non-hydrogen) atoms. The molecule has 1 atom stereocenters. The van der Waals surface area contributed by atoms with Crippen LogP contribution in [0, 0.1) is 0 Å². The maximum absolute atomic E-state index is 6.07. The van der Waals surface area contributed by atoms with Gasteiger partial charge in [0.2, 0.25) is 0 Å². The van der Waals surface area contributed by atoms with Crippen LogP contribution in [0.3, 0.4) is 0 Å². The molecule has 212 valence electrons. The van der Waals surface area contributed by atoms with Gasteiger partial charge in [0, 0.05) is 40.9 Å². The molecular formula is C29H62O3S2Si. The van der Waals surface area contributed by atoms with Crippen molar-refractivity contribution in [2.45, 2.75) is 166 Å². The van der Waals surface area contributed by atoms with Crippen molar-refractivity contribution in [1.29, 1.82) is 0 Å². The molecule has 0 radical (unpaired) electrons. The molecular weight excluding hydrogens is 489 g/mol. The number of ether oxygens (including phenoxy) is 1. The second-order valence-corrected chi connectivity index (χ2v) is 16.1. The Labute approximate surface area is 232 Å². The van der Waals surface area contributed by atoms with E-state index < -0.39 is 0 Å². The third kappa shape index (κ3) is 23.6. The van der Waals surface area contributed by atoms with E-state index in [0.29, 0.717) is 0 Å². The molecule has 0 saturated carbocycles. The van der Waals surface area contributed by atoms with E-state index in [1.54, 1.807) is 24.1 Å². The Kier molecular flexibility index (Phi) is 28.5. The van der Waals surface area contributed by atoms with Gasteiger partial charge in [0.25, 0.3) is 0 Å². The van der Waals surface area contributed by atoms with Gasteiger partial charge in [0.15, 0.2) is 0 Å². The van der Waals surface area contributed by atoms with Gasteiger partial charge < -0.3 is 13.1 Å². The van der Waals surface area contributed by atoms with Gasteiger partial charge in [-0.25, -0.2) is 0 Å². The summed E-state index contributed by atoms with van der Waals surface area (Å²) >= 11 is 3.22. The Morgan fingerprint density at radius 3 is 1.17 bits per heavy atom. The number of rotatable bonds is 29. The van der Waals surface area contributed by atoms with E-state index in [1.165, 1.54) is 116 Å². The van der Waals surface area contributed by atoms with Gasteiger partial charge in [-0.05, 0) is 26.7 Å². The molecule has 0 aromatic carbocycles. The zero-order valence-electron chi connectivity index (χ0n) is 24.4. The van der Waals surface area contributed by atoms with Gasteiger partial charge >= 0.3 is 0 Å². The Balaban J connectivity index is 3.82. The van der Waals surface area contributed by atoms with Crippen LogP contribution < -0.4 is 0 Å². The lowest BCUT2D eigenvalue weighted by atomic mass is 10.1. The maximum atomic E-state index is 6.07. The predicted molar refractivity (Wildman–Crippen MR) is 165 cm³/mol. The average molecular weight is 551 g/mol. The standard InChI is InChI=1S/C29H62O3S2Si/c1-5-8-10-12-14-16-18-20-22-24-26-31-33-29(35,28(4)30-7-3)34-32-27-25-23-21-19-17-15-13-11-9-6-2/h28H,5-27H2,1-4,35H3. The summed E-state index contributed by atoms with van der Waals surface area (Å²) < 4.78 is 18.0. The first-order chi connectivity index (χ1) is 17.1.